The fourth-order valence-electron chi connectivity index (χ4n) is 3.14. The van der Waals surface area contributed by atoms with E-state index in [1.165, 1.54) is 0 Å². The van der Waals surface area contributed by atoms with E-state index in [-0.39, 0.29) is 12.1 Å². The average molecular weight is 308 g/mol. The van der Waals surface area contributed by atoms with E-state index in [4.69, 9.17) is 11.6 Å². The van der Waals surface area contributed by atoms with Gasteiger partial charge in [-0.2, -0.15) is 0 Å². The van der Waals surface area contributed by atoms with Crippen molar-refractivity contribution >= 4 is 22.6 Å². The van der Waals surface area contributed by atoms with Crippen LogP contribution in [0.5, 0.6) is 0 Å². The van der Waals surface area contributed by atoms with Crippen molar-refractivity contribution in [3.63, 3.8) is 0 Å². The van der Waals surface area contributed by atoms with Crippen LogP contribution >= 0.6 is 11.6 Å². The van der Waals surface area contributed by atoms with E-state index in [9.17, 15) is 5.11 Å². The summed E-state index contributed by atoms with van der Waals surface area (Å²) in [6.45, 7) is 3.94. The molecule has 1 aliphatic heterocycles. The third-order valence-electron chi connectivity index (χ3n) is 4.44. The number of benzene rings is 1. The van der Waals surface area contributed by atoms with E-state index in [2.05, 4.69) is 14.9 Å². The highest BCUT2D eigenvalue weighted by Crippen LogP contribution is 2.24. The highest BCUT2D eigenvalue weighted by atomic mass is 35.5. The Morgan fingerprint density at radius 3 is 3.14 bits per heavy atom. The fraction of sp³-hybridized carbons (Fsp3) is 0.562. The van der Waals surface area contributed by atoms with Gasteiger partial charge in [-0.25, -0.2) is 4.98 Å². The van der Waals surface area contributed by atoms with Crippen molar-refractivity contribution in [2.75, 3.05) is 6.54 Å². The van der Waals surface area contributed by atoms with Crippen molar-refractivity contribution in [1.82, 2.24) is 14.9 Å². The first-order valence-electron chi connectivity index (χ1n) is 7.68. The van der Waals surface area contributed by atoms with Crippen LogP contribution < -0.4 is 5.32 Å². The monoisotopic (exact) mass is 307 g/mol. The number of hydrogen-bond acceptors (Lipinski definition) is 3. The molecule has 3 rings (SSSR count). The third-order valence-corrected chi connectivity index (χ3v) is 4.85. The van der Waals surface area contributed by atoms with Gasteiger partial charge in [-0.15, -0.1) is 0 Å². The normalized spacial score (nSPS) is 22.8. The lowest BCUT2D eigenvalue weighted by Crippen LogP contribution is -2.44. The van der Waals surface area contributed by atoms with Gasteiger partial charge in [0.25, 0.3) is 0 Å². The zero-order valence-electron chi connectivity index (χ0n) is 12.3. The Labute approximate surface area is 130 Å². The Hall–Kier alpha value is -1.10. The van der Waals surface area contributed by atoms with Crippen molar-refractivity contribution < 1.29 is 5.11 Å². The molecule has 2 atom stereocenters. The van der Waals surface area contributed by atoms with E-state index in [0.29, 0.717) is 0 Å². The molecule has 1 fully saturated rings. The lowest BCUT2D eigenvalue weighted by molar-refractivity contribution is 0.0909. The topological polar surface area (TPSA) is 50.1 Å². The van der Waals surface area contributed by atoms with Crippen molar-refractivity contribution in [3.05, 3.63) is 29.0 Å². The summed E-state index contributed by atoms with van der Waals surface area (Å²) in [6.07, 6.45) is 5.71. The van der Waals surface area contributed by atoms with Gasteiger partial charge in [-0.05, 0) is 56.8 Å². The van der Waals surface area contributed by atoms with E-state index < -0.39 is 0 Å². The Kier molecular flexibility index (Phi) is 4.48. The molecule has 1 aromatic heterocycles. The van der Waals surface area contributed by atoms with Gasteiger partial charge in [0.2, 0.25) is 0 Å². The van der Waals surface area contributed by atoms with E-state index in [1.807, 2.05) is 25.4 Å². The van der Waals surface area contributed by atoms with Gasteiger partial charge in [-0.1, -0.05) is 11.6 Å². The molecule has 0 bridgehead atoms. The number of rotatable bonds is 4. The van der Waals surface area contributed by atoms with Crippen molar-refractivity contribution in [2.24, 2.45) is 0 Å². The van der Waals surface area contributed by atoms with Crippen LogP contribution in [0.15, 0.2) is 18.5 Å². The van der Waals surface area contributed by atoms with Gasteiger partial charge in [-0.3, -0.25) is 0 Å². The molecular formula is C16H22ClN3O. The van der Waals surface area contributed by atoms with Gasteiger partial charge >= 0.3 is 0 Å². The van der Waals surface area contributed by atoms with Gasteiger partial charge in [0.1, 0.15) is 0 Å². The number of halogens is 1. The van der Waals surface area contributed by atoms with Crippen molar-refractivity contribution in [1.29, 1.82) is 0 Å². The van der Waals surface area contributed by atoms with E-state index >= 15 is 0 Å². The summed E-state index contributed by atoms with van der Waals surface area (Å²) in [7, 11) is 0. The standard InChI is InChI=1S/C16H22ClN3O/c1-11-12(17)6-7-14-16(11)19-10-20(14)9-3-4-13-15(21)5-2-8-18-13/h6-7,10,13,15,18,21H,2-5,8-9H2,1H3/t13-,15+/m1/s1. The number of hydrogen-bond donors (Lipinski definition) is 2. The molecule has 21 heavy (non-hydrogen) atoms. The third kappa shape index (κ3) is 3.07. The fourth-order valence-corrected chi connectivity index (χ4v) is 3.29. The Balaban J connectivity index is 1.64. The highest BCUT2D eigenvalue weighted by Gasteiger charge is 2.21. The van der Waals surface area contributed by atoms with Crippen molar-refractivity contribution in [3.8, 4) is 0 Å². The summed E-state index contributed by atoms with van der Waals surface area (Å²) in [6, 6.07) is 4.21. The van der Waals surface area contributed by atoms with Crippen LogP contribution in [0.2, 0.25) is 5.02 Å². The predicted molar refractivity (Wildman–Crippen MR) is 85.7 cm³/mol. The number of aryl methyl sites for hydroxylation is 2. The van der Waals surface area contributed by atoms with Crippen LogP contribution in [0.1, 0.15) is 31.2 Å². The predicted octanol–water partition coefficient (Wildman–Crippen LogP) is 2.89. The molecule has 1 aromatic carbocycles. The molecule has 0 saturated carbocycles. The number of piperidine rings is 1. The Morgan fingerprint density at radius 2 is 2.33 bits per heavy atom. The first kappa shape index (κ1) is 14.8. The number of aliphatic hydroxyl groups excluding tert-OH is 1. The highest BCUT2D eigenvalue weighted by molar-refractivity contribution is 6.32. The molecule has 2 aromatic rings. The molecule has 4 nitrogen and oxygen atoms in total. The number of nitrogens with zero attached hydrogens (tertiary/aromatic N) is 2. The number of nitrogens with one attached hydrogen (secondary N) is 1. The van der Waals surface area contributed by atoms with E-state index in [1.54, 1.807) is 0 Å². The molecular weight excluding hydrogens is 286 g/mol. The lowest BCUT2D eigenvalue weighted by Gasteiger charge is -2.29. The zero-order chi connectivity index (χ0) is 14.8. The summed E-state index contributed by atoms with van der Waals surface area (Å²) >= 11 is 6.13. The summed E-state index contributed by atoms with van der Waals surface area (Å²) in [5.74, 6) is 0. The number of aromatic nitrogens is 2. The van der Waals surface area contributed by atoms with Gasteiger partial charge in [0, 0.05) is 17.6 Å². The molecule has 0 radical (unpaired) electrons. The molecule has 5 heteroatoms. The van der Waals surface area contributed by atoms with Crippen LogP contribution in [0.4, 0.5) is 0 Å². The number of fused-ring (bicyclic) bond motifs is 1. The lowest BCUT2D eigenvalue weighted by atomic mass is 9.97. The molecule has 2 N–H and O–H groups in total. The zero-order valence-corrected chi connectivity index (χ0v) is 13.1. The molecule has 114 valence electrons. The summed E-state index contributed by atoms with van der Waals surface area (Å²) in [4.78, 5) is 4.47. The molecule has 2 heterocycles. The van der Waals surface area contributed by atoms with Crippen LogP contribution in [0, 0.1) is 6.92 Å². The first-order valence-corrected chi connectivity index (χ1v) is 8.06. The minimum Gasteiger partial charge on any atom is -0.392 e. The molecule has 0 spiro atoms. The molecule has 0 aliphatic carbocycles. The molecule has 0 unspecified atom stereocenters. The second kappa shape index (κ2) is 6.34. The first-order chi connectivity index (χ1) is 10.2. The maximum absolute atomic E-state index is 9.97. The van der Waals surface area contributed by atoms with Gasteiger partial charge in [0.05, 0.1) is 23.5 Å². The molecule has 1 saturated heterocycles. The SMILES string of the molecule is Cc1c(Cl)ccc2c1ncn2CCC[C@H]1NCCC[C@@H]1O. The summed E-state index contributed by atoms with van der Waals surface area (Å²) in [5, 5.41) is 14.1. The maximum Gasteiger partial charge on any atom is 0.0958 e. The van der Waals surface area contributed by atoms with E-state index in [0.717, 1.165) is 60.4 Å². The quantitative estimate of drug-likeness (QED) is 0.913. The molecule has 0 amide bonds. The summed E-state index contributed by atoms with van der Waals surface area (Å²) in [5.41, 5.74) is 3.16. The average Bonchev–Trinajstić information content (AvgIpc) is 2.89. The number of imidazole rings is 1. The Bertz CT molecular complexity index is 625. The number of aliphatic hydroxyl groups is 1. The largest absolute Gasteiger partial charge is 0.392 e. The second-order valence-electron chi connectivity index (χ2n) is 5.89. The van der Waals surface area contributed by atoms with Gasteiger partial charge in [0.15, 0.2) is 0 Å². The van der Waals surface area contributed by atoms with Crippen LogP contribution in [-0.4, -0.2) is 33.3 Å². The second-order valence-corrected chi connectivity index (χ2v) is 6.30. The Morgan fingerprint density at radius 1 is 1.48 bits per heavy atom. The van der Waals surface area contributed by atoms with Crippen molar-refractivity contribution in [2.45, 2.75) is 51.3 Å². The van der Waals surface area contributed by atoms with Crippen LogP contribution in [-0.2, 0) is 6.54 Å². The summed E-state index contributed by atoms with van der Waals surface area (Å²) < 4.78 is 2.17. The minimum absolute atomic E-state index is 0.195. The maximum atomic E-state index is 9.97. The van der Waals surface area contributed by atoms with Crippen LogP contribution in [0.3, 0.4) is 0 Å². The molecule has 1 aliphatic rings. The smallest absolute Gasteiger partial charge is 0.0958 e. The van der Waals surface area contributed by atoms with Gasteiger partial charge < -0.3 is 15.0 Å². The van der Waals surface area contributed by atoms with Crippen LogP contribution in [0.25, 0.3) is 11.0 Å². The minimum atomic E-state index is -0.195.